The molecule has 1 aliphatic rings. The van der Waals surface area contributed by atoms with Gasteiger partial charge in [0.2, 0.25) is 0 Å². The van der Waals surface area contributed by atoms with Crippen LogP contribution in [-0.4, -0.2) is 72.4 Å². The van der Waals surface area contributed by atoms with Gasteiger partial charge in [0.15, 0.2) is 11.8 Å². The highest BCUT2D eigenvalue weighted by molar-refractivity contribution is 5.93. The number of nitrogens with one attached hydrogen (secondary N) is 1. The summed E-state index contributed by atoms with van der Waals surface area (Å²) >= 11 is 0. The van der Waals surface area contributed by atoms with Crippen molar-refractivity contribution in [2.75, 3.05) is 19.4 Å². The average molecular weight is 581 g/mol. The third-order valence-electron chi connectivity index (χ3n) is 7.31. The number of aromatic nitrogens is 5. The fourth-order valence-electron chi connectivity index (χ4n) is 5.10. The minimum Gasteiger partial charge on any atom is -0.495 e. The predicted octanol–water partition coefficient (Wildman–Crippen LogP) is 1.67. The summed E-state index contributed by atoms with van der Waals surface area (Å²) in [6.07, 6.45) is 5.15. The summed E-state index contributed by atoms with van der Waals surface area (Å²) in [5, 5.41) is 23.1. The fraction of sp³-hybridized carbons (Fsp3) is 0.407. The van der Waals surface area contributed by atoms with Crippen molar-refractivity contribution >= 4 is 40.1 Å². The summed E-state index contributed by atoms with van der Waals surface area (Å²) in [7, 11) is 1.64. The molecule has 1 atom stereocenters. The number of carboxylic acids is 2. The van der Waals surface area contributed by atoms with Gasteiger partial charge in [0, 0.05) is 17.8 Å². The number of H-pyrrole nitrogens is 1. The van der Waals surface area contributed by atoms with Crippen molar-refractivity contribution in [3.8, 4) is 17.1 Å². The number of ether oxygens (including phenoxy) is 1. The molecule has 0 radical (unpaired) electrons. The second kappa shape index (κ2) is 13.2. The number of carboxylic acid groups (broad SMARTS) is 2. The molecule has 3 heterocycles. The largest absolute Gasteiger partial charge is 0.495 e. The smallest absolute Gasteiger partial charge is 0.320 e. The summed E-state index contributed by atoms with van der Waals surface area (Å²) in [5.41, 5.74) is 24.6. The number of nitrogens with two attached hydrogens (primary N) is 4. The quantitative estimate of drug-likeness (QED) is 0.0847. The van der Waals surface area contributed by atoms with E-state index in [1.165, 1.54) is 6.33 Å². The number of aliphatic carboxylic acids is 2. The molecule has 1 aliphatic carbocycles. The van der Waals surface area contributed by atoms with Crippen LogP contribution in [0.1, 0.15) is 50.3 Å². The van der Waals surface area contributed by atoms with E-state index in [2.05, 4.69) is 20.1 Å². The van der Waals surface area contributed by atoms with Crippen molar-refractivity contribution in [3.63, 3.8) is 0 Å². The number of rotatable bonds is 9. The van der Waals surface area contributed by atoms with E-state index in [0.717, 1.165) is 41.0 Å². The first kappa shape index (κ1) is 30.0. The van der Waals surface area contributed by atoms with Gasteiger partial charge >= 0.3 is 11.9 Å². The van der Waals surface area contributed by atoms with Crippen LogP contribution in [0.2, 0.25) is 0 Å². The Kier molecular flexibility index (Phi) is 9.42. The lowest BCUT2D eigenvalue weighted by Gasteiger charge is -2.24. The third kappa shape index (κ3) is 6.68. The Hall–Kier alpha value is -4.92. The molecule has 15 heteroatoms. The molecule has 0 saturated heterocycles. The lowest BCUT2D eigenvalue weighted by Crippen LogP contribution is -2.30. The number of imidazole rings is 1. The topological polar surface area (TPSA) is 259 Å². The first-order valence-corrected chi connectivity index (χ1v) is 13.5. The molecule has 0 unspecified atom stereocenters. The number of methoxy groups -OCH3 is 1. The average Bonchev–Trinajstić information content (AvgIpc) is 3.58. The van der Waals surface area contributed by atoms with E-state index in [1.807, 2.05) is 24.3 Å². The molecular formula is C27H36N10O5. The van der Waals surface area contributed by atoms with Crippen LogP contribution in [0.15, 0.2) is 35.6 Å². The predicted molar refractivity (Wildman–Crippen MR) is 157 cm³/mol. The van der Waals surface area contributed by atoms with Gasteiger partial charge in [-0.1, -0.05) is 12.1 Å². The van der Waals surface area contributed by atoms with Gasteiger partial charge in [-0.25, -0.2) is 14.5 Å². The molecular weight excluding hydrogens is 544 g/mol. The Bertz CT molecular complexity index is 1580. The zero-order valence-electron chi connectivity index (χ0n) is 23.2. The maximum absolute atomic E-state index is 11.3. The SMILES string of the molecule is COc1cccc2cc(-c3nc(C4CCC(C(=O)O)CC4)n4ncnc(N)c34)[nH]c12.NC(N)=NCCC[C@H](N)C(=O)O. The normalized spacial score (nSPS) is 17.3. The molecule has 0 bridgehead atoms. The Morgan fingerprint density at radius 1 is 1.21 bits per heavy atom. The van der Waals surface area contributed by atoms with Crippen LogP contribution >= 0.6 is 0 Å². The van der Waals surface area contributed by atoms with E-state index in [1.54, 1.807) is 11.6 Å². The molecule has 3 aromatic heterocycles. The van der Waals surface area contributed by atoms with Crippen LogP contribution in [0, 0.1) is 5.92 Å². The van der Waals surface area contributed by atoms with Crippen LogP contribution in [0.4, 0.5) is 5.82 Å². The molecule has 1 aromatic carbocycles. The standard InChI is InChI=1S/C21H22N6O3.C6H14N4O2/c1-30-15-4-2-3-13-9-14(25-16(13)15)17-18-19(22)23-10-24-27(18)20(26-17)11-5-7-12(8-6-11)21(28)29;7-4(5(11)12)2-1-3-10-6(8)9/h2-4,9-12,25H,5-8H2,1H3,(H,28,29)(H2,22,23,24);4H,1-3,7H2,(H,11,12)(H4,8,9,10)/t;4-/m.0/s1. The molecule has 11 N–H and O–H groups in total. The van der Waals surface area contributed by atoms with Gasteiger partial charge in [-0.05, 0) is 50.7 Å². The van der Waals surface area contributed by atoms with Crippen LogP contribution in [0.25, 0.3) is 27.8 Å². The highest BCUT2D eigenvalue weighted by atomic mass is 16.5. The van der Waals surface area contributed by atoms with Gasteiger partial charge < -0.3 is 42.9 Å². The molecule has 42 heavy (non-hydrogen) atoms. The second-order valence-electron chi connectivity index (χ2n) is 10.1. The molecule has 0 amide bonds. The van der Waals surface area contributed by atoms with Gasteiger partial charge in [-0.3, -0.25) is 14.6 Å². The van der Waals surface area contributed by atoms with Crippen LogP contribution < -0.4 is 27.7 Å². The van der Waals surface area contributed by atoms with E-state index >= 15 is 0 Å². The van der Waals surface area contributed by atoms with E-state index < -0.39 is 18.0 Å². The van der Waals surface area contributed by atoms with Gasteiger partial charge in [0.25, 0.3) is 0 Å². The highest BCUT2D eigenvalue weighted by Gasteiger charge is 2.31. The number of anilines is 1. The molecule has 5 rings (SSSR count). The summed E-state index contributed by atoms with van der Waals surface area (Å²) in [4.78, 5) is 37.7. The minimum atomic E-state index is -1.00. The van der Waals surface area contributed by atoms with Gasteiger partial charge in [0.05, 0.1) is 24.2 Å². The number of guanidine groups is 1. The Balaban J connectivity index is 0.000000288. The molecule has 1 fully saturated rings. The van der Waals surface area contributed by atoms with Crippen molar-refractivity contribution in [1.29, 1.82) is 0 Å². The highest BCUT2D eigenvalue weighted by Crippen LogP contribution is 2.39. The molecule has 0 spiro atoms. The Labute approximate surface area is 241 Å². The van der Waals surface area contributed by atoms with E-state index in [9.17, 15) is 14.7 Å². The van der Waals surface area contributed by atoms with Crippen LogP contribution in [-0.2, 0) is 9.59 Å². The van der Waals surface area contributed by atoms with E-state index in [0.29, 0.717) is 49.3 Å². The van der Waals surface area contributed by atoms with Crippen LogP contribution in [0.5, 0.6) is 5.75 Å². The maximum atomic E-state index is 11.3. The molecule has 224 valence electrons. The molecule has 15 nitrogen and oxygen atoms in total. The van der Waals surface area contributed by atoms with Crippen LogP contribution in [0.3, 0.4) is 0 Å². The van der Waals surface area contributed by atoms with E-state index in [4.69, 9.17) is 37.8 Å². The summed E-state index contributed by atoms with van der Waals surface area (Å²) in [6, 6.07) is 7.03. The number of carbonyl (C=O) groups is 2. The first-order chi connectivity index (χ1) is 20.1. The Morgan fingerprint density at radius 3 is 2.60 bits per heavy atom. The van der Waals surface area contributed by atoms with Crippen molar-refractivity contribution in [3.05, 3.63) is 36.4 Å². The summed E-state index contributed by atoms with van der Waals surface area (Å²) in [5.74, 6) is 0.0213. The Morgan fingerprint density at radius 2 is 1.95 bits per heavy atom. The van der Waals surface area contributed by atoms with Gasteiger partial charge in [-0.2, -0.15) is 5.10 Å². The maximum Gasteiger partial charge on any atom is 0.320 e. The zero-order chi connectivity index (χ0) is 30.4. The van der Waals surface area contributed by atoms with Crippen molar-refractivity contribution in [2.45, 2.75) is 50.5 Å². The second-order valence-corrected chi connectivity index (χ2v) is 10.1. The number of nitrogens with zero attached hydrogens (tertiary/aromatic N) is 5. The number of fused-ring (bicyclic) bond motifs is 2. The van der Waals surface area contributed by atoms with E-state index in [-0.39, 0.29) is 17.8 Å². The number of benzene rings is 1. The summed E-state index contributed by atoms with van der Waals surface area (Å²) < 4.78 is 7.22. The minimum absolute atomic E-state index is 0.0129. The number of hydrogen-bond donors (Lipinski definition) is 7. The number of hydrogen-bond acceptors (Lipinski definition) is 9. The van der Waals surface area contributed by atoms with Crippen molar-refractivity contribution < 1.29 is 24.5 Å². The first-order valence-electron chi connectivity index (χ1n) is 13.5. The lowest BCUT2D eigenvalue weighted by atomic mass is 9.82. The monoisotopic (exact) mass is 580 g/mol. The molecule has 0 aliphatic heterocycles. The van der Waals surface area contributed by atoms with Crippen molar-refractivity contribution in [2.24, 2.45) is 28.1 Å². The summed E-state index contributed by atoms with van der Waals surface area (Å²) in [6.45, 7) is 0.420. The fourth-order valence-corrected chi connectivity index (χ4v) is 5.10. The van der Waals surface area contributed by atoms with Gasteiger partial charge in [-0.15, -0.1) is 0 Å². The lowest BCUT2D eigenvalue weighted by molar-refractivity contribution is -0.143. The number of para-hydroxylation sites is 1. The van der Waals surface area contributed by atoms with Crippen molar-refractivity contribution in [1.82, 2.24) is 24.6 Å². The number of aliphatic imine (C=N–C) groups is 1. The zero-order valence-corrected chi connectivity index (χ0v) is 23.2. The molecule has 4 aromatic rings. The van der Waals surface area contributed by atoms with Gasteiger partial charge in [0.1, 0.15) is 35.2 Å². The molecule has 1 saturated carbocycles. The number of aromatic amines is 1. The third-order valence-corrected chi connectivity index (χ3v) is 7.31. The number of nitrogen functional groups attached to an aromatic ring is 1.